The number of para-hydroxylation sites is 1. The summed E-state index contributed by atoms with van der Waals surface area (Å²) in [7, 11) is 0. The van der Waals surface area contributed by atoms with E-state index < -0.39 is 12.0 Å². The molecule has 6 nitrogen and oxygen atoms in total. The van der Waals surface area contributed by atoms with Crippen LogP contribution in [-0.2, 0) is 20.7 Å². The van der Waals surface area contributed by atoms with E-state index in [0.717, 1.165) is 5.56 Å². The normalized spacial score (nSPS) is 17.3. The van der Waals surface area contributed by atoms with Gasteiger partial charge in [-0.25, -0.2) is 4.79 Å². The number of nitrogens with zero attached hydrogens (tertiary/aromatic N) is 1. The highest BCUT2D eigenvalue weighted by molar-refractivity contribution is 6.02. The van der Waals surface area contributed by atoms with Crippen molar-refractivity contribution in [2.75, 3.05) is 24.7 Å². The van der Waals surface area contributed by atoms with Gasteiger partial charge in [-0.05, 0) is 11.6 Å². The Bertz CT molecular complexity index is 489. The summed E-state index contributed by atoms with van der Waals surface area (Å²) < 4.78 is 5.09. The average molecular weight is 264 g/mol. The van der Waals surface area contributed by atoms with Gasteiger partial charge in [0.05, 0.1) is 6.61 Å². The molecule has 6 heteroatoms. The lowest BCUT2D eigenvalue weighted by Gasteiger charge is -2.22. The summed E-state index contributed by atoms with van der Waals surface area (Å²) in [6.07, 6.45) is 0.328. The van der Waals surface area contributed by atoms with Gasteiger partial charge in [-0.2, -0.15) is 0 Å². The molecule has 19 heavy (non-hydrogen) atoms. The highest BCUT2D eigenvalue weighted by atomic mass is 16.5. The van der Waals surface area contributed by atoms with E-state index in [1.807, 2.05) is 12.1 Å². The summed E-state index contributed by atoms with van der Waals surface area (Å²) in [4.78, 5) is 24.7. The molecule has 2 rings (SSSR count). The molecule has 1 heterocycles. The van der Waals surface area contributed by atoms with Gasteiger partial charge >= 0.3 is 5.97 Å². The molecule has 1 aromatic rings. The molecule has 1 atom stereocenters. The lowest BCUT2D eigenvalue weighted by molar-refractivity contribution is -0.140. The first-order valence-electron chi connectivity index (χ1n) is 6.05. The number of anilines is 1. The van der Waals surface area contributed by atoms with E-state index >= 15 is 0 Å². The Labute approximate surface area is 110 Å². The lowest BCUT2D eigenvalue weighted by atomic mass is 10.1. The van der Waals surface area contributed by atoms with Crippen molar-refractivity contribution in [3.8, 4) is 0 Å². The molecule has 1 aliphatic heterocycles. The standard InChI is InChI=1S/C13H16N2O4/c14-5-6-19-8-12(16)15-10-4-2-1-3-9(10)7-11(15)13(17)18/h1-4,11H,5-8,14H2,(H,17,18). The first kappa shape index (κ1) is 13.5. The van der Waals surface area contributed by atoms with Crippen LogP contribution in [0.25, 0.3) is 0 Å². The van der Waals surface area contributed by atoms with E-state index in [1.165, 1.54) is 4.90 Å². The third-order valence-corrected chi connectivity index (χ3v) is 3.02. The topological polar surface area (TPSA) is 92.9 Å². The summed E-state index contributed by atoms with van der Waals surface area (Å²) in [6.45, 7) is 0.445. The van der Waals surface area contributed by atoms with Crippen LogP contribution >= 0.6 is 0 Å². The highest BCUT2D eigenvalue weighted by Crippen LogP contribution is 2.32. The van der Waals surface area contributed by atoms with Crippen LogP contribution in [0.4, 0.5) is 5.69 Å². The molecule has 0 aliphatic carbocycles. The maximum atomic E-state index is 12.1. The first-order valence-corrected chi connectivity index (χ1v) is 6.05. The molecule has 102 valence electrons. The Morgan fingerprint density at radius 2 is 2.16 bits per heavy atom. The fourth-order valence-electron chi connectivity index (χ4n) is 2.20. The van der Waals surface area contributed by atoms with Crippen molar-refractivity contribution in [3.63, 3.8) is 0 Å². The Kier molecular flexibility index (Phi) is 4.13. The van der Waals surface area contributed by atoms with Gasteiger partial charge in [-0.15, -0.1) is 0 Å². The molecule has 0 fully saturated rings. The smallest absolute Gasteiger partial charge is 0.327 e. The third kappa shape index (κ3) is 2.74. The molecule has 1 amide bonds. The van der Waals surface area contributed by atoms with Crippen molar-refractivity contribution in [2.24, 2.45) is 5.73 Å². The van der Waals surface area contributed by atoms with E-state index in [2.05, 4.69) is 0 Å². The second-order valence-electron chi connectivity index (χ2n) is 4.29. The number of fused-ring (bicyclic) bond motifs is 1. The van der Waals surface area contributed by atoms with Crippen LogP contribution in [0, 0.1) is 0 Å². The zero-order chi connectivity index (χ0) is 13.8. The quantitative estimate of drug-likeness (QED) is 0.730. The number of benzene rings is 1. The number of carbonyl (C=O) groups excluding carboxylic acids is 1. The van der Waals surface area contributed by atoms with Gasteiger partial charge in [0.1, 0.15) is 12.6 Å². The molecule has 0 saturated heterocycles. The van der Waals surface area contributed by atoms with Crippen LogP contribution in [0.1, 0.15) is 5.56 Å². The summed E-state index contributed by atoms with van der Waals surface area (Å²) in [6, 6.07) is 6.34. The lowest BCUT2D eigenvalue weighted by Crippen LogP contribution is -2.44. The second-order valence-corrected chi connectivity index (χ2v) is 4.29. The summed E-state index contributed by atoms with van der Waals surface area (Å²) >= 11 is 0. The van der Waals surface area contributed by atoms with Crippen LogP contribution in [-0.4, -0.2) is 42.8 Å². The molecule has 0 saturated carbocycles. The molecule has 1 unspecified atom stereocenters. The van der Waals surface area contributed by atoms with Crippen LogP contribution in [0.5, 0.6) is 0 Å². The predicted octanol–water partition coefficient (Wildman–Crippen LogP) is 0.00420. The zero-order valence-electron chi connectivity index (χ0n) is 10.4. The summed E-state index contributed by atoms with van der Waals surface area (Å²) in [5, 5.41) is 9.22. The van der Waals surface area contributed by atoms with E-state index in [-0.39, 0.29) is 19.1 Å². The Morgan fingerprint density at radius 1 is 1.42 bits per heavy atom. The van der Waals surface area contributed by atoms with E-state index in [0.29, 0.717) is 18.7 Å². The molecule has 0 aromatic heterocycles. The largest absolute Gasteiger partial charge is 0.480 e. The molecular weight excluding hydrogens is 248 g/mol. The average Bonchev–Trinajstić information content (AvgIpc) is 2.78. The monoisotopic (exact) mass is 264 g/mol. The number of ether oxygens (including phenoxy) is 1. The number of hydrogen-bond acceptors (Lipinski definition) is 4. The van der Waals surface area contributed by atoms with Gasteiger partial charge in [0, 0.05) is 18.7 Å². The molecule has 1 aromatic carbocycles. The van der Waals surface area contributed by atoms with Gasteiger partial charge in [-0.3, -0.25) is 9.69 Å². The van der Waals surface area contributed by atoms with Crippen molar-refractivity contribution in [2.45, 2.75) is 12.5 Å². The number of carbonyl (C=O) groups is 2. The Balaban J connectivity index is 2.19. The van der Waals surface area contributed by atoms with Crippen LogP contribution in [0.15, 0.2) is 24.3 Å². The van der Waals surface area contributed by atoms with E-state index in [4.69, 9.17) is 10.5 Å². The number of carboxylic acid groups (broad SMARTS) is 1. The fraction of sp³-hybridized carbons (Fsp3) is 0.385. The van der Waals surface area contributed by atoms with E-state index in [1.54, 1.807) is 12.1 Å². The maximum Gasteiger partial charge on any atom is 0.327 e. The van der Waals surface area contributed by atoms with Crippen LogP contribution in [0.2, 0.25) is 0 Å². The molecular formula is C13H16N2O4. The zero-order valence-corrected chi connectivity index (χ0v) is 10.4. The third-order valence-electron chi connectivity index (χ3n) is 3.02. The van der Waals surface area contributed by atoms with Crippen molar-refractivity contribution in [1.82, 2.24) is 0 Å². The van der Waals surface area contributed by atoms with Crippen molar-refractivity contribution in [3.05, 3.63) is 29.8 Å². The van der Waals surface area contributed by atoms with E-state index in [9.17, 15) is 14.7 Å². The SMILES string of the molecule is NCCOCC(=O)N1c2ccccc2CC1C(=O)O. The molecule has 0 bridgehead atoms. The number of amides is 1. The molecule has 0 spiro atoms. The molecule has 0 radical (unpaired) electrons. The predicted molar refractivity (Wildman–Crippen MR) is 68.9 cm³/mol. The molecule has 3 N–H and O–H groups in total. The maximum absolute atomic E-state index is 12.1. The van der Waals surface area contributed by atoms with Gasteiger partial charge in [0.15, 0.2) is 0 Å². The summed E-state index contributed by atoms with van der Waals surface area (Å²) in [5.41, 5.74) is 6.79. The number of aliphatic carboxylic acids is 1. The van der Waals surface area contributed by atoms with Crippen molar-refractivity contribution < 1.29 is 19.4 Å². The minimum Gasteiger partial charge on any atom is -0.480 e. The van der Waals surface area contributed by atoms with Crippen molar-refractivity contribution in [1.29, 1.82) is 0 Å². The van der Waals surface area contributed by atoms with Crippen LogP contribution < -0.4 is 10.6 Å². The number of carboxylic acids is 1. The summed E-state index contributed by atoms with van der Waals surface area (Å²) in [5.74, 6) is -1.37. The highest BCUT2D eigenvalue weighted by Gasteiger charge is 2.37. The Hall–Kier alpha value is -1.92. The van der Waals surface area contributed by atoms with Crippen molar-refractivity contribution >= 4 is 17.6 Å². The number of nitrogens with two attached hydrogens (primary N) is 1. The minimum atomic E-state index is -1.01. The second kappa shape index (κ2) is 5.81. The first-order chi connectivity index (χ1) is 9.15. The minimum absolute atomic E-state index is 0.157. The van der Waals surface area contributed by atoms with Gasteiger partial charge in [0.2, 0.25) is 0 Å². The van der Waals surface area contributed by atoms with Gasteiger partial charge < -0.3 is 15.6 Å². The number of rotatable bonds is 5. The van der Waals surface area contributed by atoms with Crippen LogP contribution in [0.3, 0.4) is 0 Å². The molecule has 1 aliphatic rings. The van der Waals surface area contributed by atoms with Gasteiger partial charge in [0.25, 0.3) is 5.91 Å². The Morgan fingerprint density at radius 3 is 2.84 bits per heavy atom. The fourth-order valence-corrected chi connectivity index (χ4v) is 2.20. The van der Waals surface area contributed by atoms with Gasteiger partial charge in [-0.1, -0.05) is 18.2 Å². The number of hydrogen-bond donors (Lipinski definition) is 2.